The lowest BCUT2D eigenvalue weighted by atomic mass is 10.1. The van der Waals surface area contributed by atoms with Crippen LogP contribution in [0.5, 0.6) is 0 Å². The van der Waals surface area contributed by atoms with E-state index in [0.29, 0.717) is 32.4 Å². The summed E-state index contributed by atoms with van der Waals surface area (Å²) in [6, 6.07) is 7.39. The molecule has 208 valence electrons. The van der Waals surface area contributed by atoms with Crippen LogP contribution in [0, 0.1) is 19.8 Å². The third-order valence-electron chi connectivity index (χ3n) is 6.66. The van der Waals surface area contributed by atoms with Gasteiger partial charge in [-0.05, 0) is 44.9 Å². The van der Waals surface area contributed by atoms with Crippen LogP contribution in [0.15, 0.2) is 30.5 Å². The number of ether oxygens (including phenoxy) is 1. The van der Waals surface area contributed by atoms with E-state index in [1.807, 2.05) is 39.0 Å². The van der Waals surface area contributed by atoms with Crippen molar-refractivity contribution < 1.29 is 14.3 Å². The molecule has 1 atom stereocenters. The molecule has 39 heavy (non-hydrogen) atoms. The zero-order valence-electron chi connectivity index (χ0n) is 22.7. The Hall–Kier alpha value is -3.28. The number of methoxy groups -OCH3 is 1. The van der Waals surface area contributed by atoms with Gasteiger partial charge < -0.3 is 20.3 Å². The van der Waals surface area contributed by atoms with Gasteiger partial charge in [0.15, 0.2) is 5.13 Å². The molecule has 3 aromatic rings. The minimum Gasteiger partial charge on any atom is -0.469 e. The van der Waals surface area contributed by atoms with E-state index >= 15 is 0 Å². The standard InChI is InChI=1S/C27H34ClN7O3S/c1-17-7-5-9-20(28)24(17)33-25(36)21-16-29-27(39-21)32-22-15-23(31-19(3)30-22)35-13-11-34(12-14-35)10-6-8-18(2)26(37)38-4/h5,7,9,15-16,18H,6,8,10-14H2,1-4H3,(H,33,36)(H,29,30,31,32). The van der Waals surface area contributed by atoms with Crippen LogP contribution in [0.3, 0.4) is 0 Å². The largest absolute Gasteiger partial charge is 0.469 e. The quantitative estimate of drug-likeness (QED) is 0.328. The summed E-state index contributed by atoms with van der Waals surface area (Å²) in [6.45, 7) is 10.2. The van der Waals surface area contributed by atoms with E-state index in [-0.39, 0.29) is 17.8 Å². The molecule has 1 aromatic carbocycles. The molecule has 0 bridgehead atoms. The zero-order valence-corrected chi connectivity index (χ0v) is 24.2. The van der Waals surface area contributed by atoms with Crippen LogP contribution in [-0.4, -0.2) is 71.6 Å². The first-order valence-corrected chi connectivity index (χ1v) is 14.1. The fourth-order valence-electron chi connectivity index (χ4n) is 4.43. The molecule has 1 aliphatic rings. The normalized spacial score (nSPS) is 14.6. The maximum absolute atomic E-state index is 12.8. The number of nitrogens with one attached hydrogen (secondary N) is 2. The summed E-state index contributed by atoms with van der Waals surface area (Å²) in [7, 11) is 1.44. The SMILES string of the molecule is COC(=O)C(C)CCCN1CCN(c2cc(Nc3ncc(C(=O)Nc4c(C)cccc4Cl)s3)nc(C)n2)CC1. The number of hydrogen-bond acceptors (Lipinski definition) is 10. The van der Waals surface area contributed by atoms with E-state index in [2.05, 4.69) is 35.4 Å². The fourth-order valence-corrected chi connectivity index (χ4v) is 5.42. The number of benzene rings is 1. The zero-order chi connectivity index (χ0) is 27.9. The Morgan fingerprint density at radius 3 is 2.67 bits per heavy atom. The number of aromatic nitrogens is 3. The lowest BCUT2D eigenvalue weighted by Gasteiger charge is -2.35. The van der Waals surface area contributed by atoms with Crippen LogP contribution < -0.4 is 15.5 Å². The molecule has 1 aliphatic heterocycles. The molecule has 0 saturated carbocycles. The predicted octanol–water partition coefficient (Wildman–Crippen LogP) is 4.91. The predicted molar refractivity (Wildman–Crippen MR) is 155 cm³/mol. The summed E-state index contributed by atoms with van der Waals surface area (Å²) in [4.78, 5) is 43.0. The van der Waals surface area contributed by atoms with Crippen molar-refractivity contribution in [2.45, 2.75) is 33.6 Å². The Morgan fingerprint density at radius 1 is 1.18 bits per heavy atom. The molecule has 1 saturated heterocycles. The lowest BCUT2D eigenvalue weighted by Crippen LogP contribution is -2.47. The Bertz CT molecular complexity index is 1290. The highest BCUT2D eigenvalue weighted by molar-refractivity contribution is 7.17. The van der Waals surface area contributed by atoms with E-state index in [1.165, 1.54) is 24.6 Å². The Morgan fingerprint density at radius 2 is 1.95 bits per heavy atom. The Kier molecular flexibility index (Phi) is 9.71. The third-order valence-corrected chi connectivity index (χ3v) is 7.89. The van der Waals surface area contributed by atoms with Gasteiger partial charge in [-0.15, -0.1) is 0 Å². The molecule has 12 heteroatoms. The maximum Gasteiger partial charge on any atom is 0.308 e. The lowest BCUT2D eigenvalue weighted by molar-refractivity contribution is -0.145. The van der Waals surface area contributed by atoms with Crippen molar-refractivity contribution >= 4 is 57.3 Å². The number of carbonyl (C=O) groups is 2. The van der Waals surface area contributed by atoms with Crippen molar-refractivity contribution in [1.29, 1.82) is 0 Å². The molecule has 1 unspecified atom stereocenters. The minimum absolute atomic E-state index is 0.0685. The number of nitrogens with zero attached hydrogens (tertiary/aromatic N) is 5. The molecule has 2 aromatic heterocycles. The van der Waals surface area contributed by atoms with Crippen LogP contribution in [0.4, 0.5) is 22.5 Å². The third kappa shape index (κ3) is 7.65. The molecule has 0 aliphatic carbocycles. The average Bonchev–Trinajstić information content (AvgIpc) is 3.38. The highest BCUT2D eigenvalue weighted by Gasteiger charge is 2.20. The second-order valence-electron chi connectivity index (χ2n) is 9.59. The van der Waals surface area contributed by atoms with E-state index < -0.39 is 0 Å². The van der Waals surface area contributed by atoms with Crippen molar-refractivity contribution in [2.75, 3.05) is 55.4 Å². The van der Waals surface area contributed by atoms with Crippen LogP contribution in [0.2, 0.25) is 5.02 Å². The Labute approximate surface area is 237 Å². The van der Waals surface area contributed by atoms with Gasteiger partial charge in [-0.2, -0.15) is 0 Å². The minimum atomic E-state index is -0.270. The summed E-state index contributed by atoms with van der Waals surface area (Å²) >= 11 is 7.49. The van der Waals surface area contributed by atoms with Gasteiger partial charge in [-0.25, -0.2) is 15.0 Å². The molecule has 10 nitrogen and oxygen atoms in total. The second kappa shape index (κ2) is 13.2. The number of amides is 1. The van der Waals surface area contributed by atoms with E-state index in [9.17, 15) is 9.59 Å². The molecule has 2 N–H and O–H groups in total. The smallest absolute Gasteiger partial charge is 0.308 e. The van der Waals surface area contributed by atoms with Crippen LogP contribution in [0.1, 0.15) is 40.8 Å². The maximum atomic E-state index is 12.8. The van der Waals surface area contributed by atoms with Gasteiger partial charge in [-0.3, -0.25) is 14.5 Å². The molecule has 1 amide bonds. The summed E-state index contributed by atoms with van der Waals surface area (Å²) in [5.74, 6) is 1.65. The number of anilines is 4. The molecule has 4 rings (SSSR count). The second-order valence-corrected chi connectivity index (χ2v) is 11.0. The highest BCUT2D eigenvalue weighted by atomic mass is 35.5. The number of aryl methyl sites for hydroxylation is 2. The van der Waals surface area contributed by atoms with Crippen molar-refractivity contribution in [3.05, 3.63) is 51.7 Å². The first-order chi connectivity index (χ1) is 18.7. The van der Waals surface area contributed by atoms with Gasteiger partial charge in [0.1, 0.15) is 22.3 Å². The average molecular weight is 572 g/mol. The van der Waals surface area contributed by atoms with Crippen molar-refractivity contribution in [2.24, 2.45) is 5.92 Å². The number of esters is 1. The van der Waals surface area contributed by atoms with Crippen molar-refractivity contribution in [3.8, 4) is 0 Å². The van der Waals surface area contributed by atoms with Crippen molar-refractivity contribution in [3.63, 3.8) is 0 Å². The number of halogens is 1. The molecule has 0 spiro atoms. The highest BCUT2D eigenvalue weighted by Crippen LogP contribution is 2.28. The summed E-state index contributed by atoms with van der Waals surface area (Å²) < 4.78 is 4.81. The first-order valence-electron chi connectivity index (χ1n) is 12.9. The number of piperazine rings is 1. The number of thiazole rings is 1. The van der Waals surface area contributed by atoms with Crippen LogP contribution in [0.25, 0.3) is 0 Å². The van der Waals surface area contributed by atoms with E-state index in [1.54, 1.807) is 6.07 Å². The molecule has 1 fully saturated rings. The van der Waals surface area contributed by atoms with Gasteiger partial charge in [0, 0.05) is 32.2 Å². The monoisotopic (exact) mass is 571 g/mol. The van der Waals surface area contributed by atoms with Crippen LogP contribution in [-0.2, 0) is 9.53 Å². The van der Waals surface area contributed by atoms with Gasteiger partial charge >= 0.3 is 5.97 Å². The van der Waals surface area contributed by atoms with Gasteiger partial charge in [-0.1, -0.05) is 42.0 Å². The molecular weight excluding hydrogens is 538 g/mol. The first kappa shape index (κ1) is 28.7. The topological polar surface area (TPSA) is 113 Å². The van der Waals surface area contributed by atoms with Gasteiger partial charge in [0.05, 0.1) is 29.9 Å². The number of hydrogen-bond donors (Lipinski definition) is 2. The van der Waals surface area contributed by atoms with Crippen molar-refractivity contribution in [1.82, 2.24) is 19.9 Å². The summed E-state index contributed by atoms with van der Waals surface area (Å²) in [5.41, 5.74) is 1.48. The molecule has 3 heterocycles. The fraction of sp³-hybridized carbons (Fsp3) is 0.444. The van der Waals surface area contributed by atoms with E-state index in [4.69, 9.17) is 16.3 Å². The number of para-hydroxylation sites is 1. The summed E-state index contributed by atoms with van der Waals surface area (Å²) in [6.07, 6.45) is 3.32. The van der Waals surface area contributed by atoms with Gasteiger partial charge in [0.2, 0.25) is 0 Å². The van der Waals surface area contributed by atoms with Gasteiger partial charge in [0.25, 0.3) is 5.91 Å². The molecule has 0 radical (unpaired) electrons. The molecular formula is C27H34ClN7O3S. The number of carbonyl (C=O) groups excluding carboxylic acids is 2. The van der Waals surface area contributed by atoms with Crippen LogP contribution >= 0.6 is 22.9 Å². The summed E-state index contributed by atoms with van der Waals surface area (Å²) in [5, 5.41) is 7.15. The Balaban J connectivity index is 1.32. The number of rotatable bonds is 10. The van der Waals surface area contributed by atoms with E-state index in [0.717, 1.165) is 56.9 Å².